The van der Waals surface area contributed by atoms with Gasteiger partial charge in [0.15, 0.2) is 0 Å². The van der Waals surface area contributed by atoms with E-state index in [4.69, 9.17) is 0 Å². The van der Waals surface area contributed by atoms with Gasteiger partial charge in [-0.05, 0) is 38.5 Å². The Kier molecular flexibility index (Phi) is 47.7. The Labute approximate surface area is 352 Å². The maximum absolute atomic E-state index is 12.4. The molecule has 0 aliphatic carbocycles. The van der Waals surface area contributed by atoms with Gasteiger partial charge >= 0.3 is 0 Å². The van der Waals surface area contributed by atoms with E-state index in [0.717, 1.165) is 25.7 Å². The van der Waals surface area contributed by atoms with Crippen LogP contribution in [-0.2, 0) is 4.79 Å². The molecule has 2 atom stereocenters. The number of hydrogen-bond donors (Lipinski definition) is 3. The predicted octanol–water partition coefficient (Wildman–Crippen LogP) is 16.6. The van der Waals surface area contributed by atoms with Gasteiger partial charge in [-0.15, -0.1) is 0 Å². The Morgan fingerprint density at radius 1 is 0.411 bits per heavy atom. The van der Waals surface area contributed by atoms with E-state index in [2.05, 4.69) is 31.3 Å². The molecule has 0 fully saturated rings. The topological polar surface area (TPSA) is 69.6 Å². The second-order valence-electron chi connectivity index (χ2n) is 17.9. The molecule has 0 aliphatic rings. The Balaban J connectivity index is 3.39. The van der Waals surface area contributed by atoms with Crippen LogP contribution in [0.4, 0.5) is 0 Å². The number of nitrogens with one attached hydrogen (secondary N) is 1. The van der Waals surface area contributed by atoms with Gasteiger partial charge < -0.3 is 15.5 Å². The van der Waals surface area contributed by atoms with Gasteiger partial charge in [-0.3, -0.25) is 4.79 Å². The van der Waals surface area contributed by atoms with E-state index in [1.54, 1.807) is 0 Å². The van der Waals surface area contributed by atoms with Crippen LogP contribution in [0.1, 0.15) is 296 Å². The van der Waals surface area contributed by atoms with Crippen molar-refractivity contribution in [2.24, 2.45) is 0 Å². The lowest BCUT2D eigenvalue weighted by atomic mass is 10.0. The molecule has 0 heterocycles. The van der Waals surface area contributed by atoms with E-state index in [0.29, 0.717) is 12.8 Å². The zero-order valence-corrected chi connectivity index (χ0v) is 38.4. The standard InChI is InChI=1S/C52H103NO3/c1-3-5-7-9-11-13-15-17-18-19-20-21-22-23-24-25-26-27-28-29-30-31-32-33-34-36-38-40-42-44-46-48-52(56)53-50(49-54)51(55)47-45-43-41-39-37-35-16-14-12-10-8-6-4-2/h23-24,50-51,54-55H,3-22,25-49H2,1-2H3,(H,53,56)/b24-23-. The van der Waals surface area contributed by atoms with Crippen molar-refractivity contribution in [3.63, 3.8) is 0 Å². The van der Waals surface area contributed by atoms with E-state index in [1.165, 1.54) is 244 Å². The molecule has 0 radical (unpaired) electrons. The summed E-state index contributed by atoms with van der Waals surface area (Å²) >= 11 is 0. The first-order chi connectivity index (χ1) is 27.7. The monoisotopic (exact) mass is 790 g/mol. The van der Waals surface area contributed by atoms with Crippen molar-refractivity contribution >= 4 is 5.91 Å². The van der Waals surface area contributed by atoms with Gasteiger partial charge in [-0.1, -0.05) is 264 Å². The molecule has 0 saturated heterocycles. The number of aliphatic hydroxyl groups is 2. The lowest BCUT2D eigenvalue weighted by Gasteiger charge is -2.22. The number of aliphatic hydroxyl groups excluding tert-OH is 2. The smallest absolute Gasteiger partial charge is 0.220 e. The fourth-order valence-corrected chi connectivity index (χ4v) is 8.30. The third kappa shape index (κ3) is 44.2. The fraction of sp³-hybridized carbons (Fsp3) is 0.942. The van der Waals surface area contributed by atoms with Gasteiger partial charge in [-0.25, -0.2) is 0 Å². The molecule has 4 heteroatoms. The fourth-order valence-electron chi connectivity index (χ4n) is 8.30. The summed E-state index contributed by atoms with van der Waals surface area (Å²) in [7, 11) is 0. The lowest BCUT2D eigenvalue weighted by Crippen LogP contribution is -2.45. The van der Waals surface area contributed by atoms with E-state index >= 15 is 0 Å². The van der Waals surface area contributed by atoms with Crippen molar-refractivity contribution in [2.75, 3.05) is 6.61 Å². The minimum atomic E-state index is -0.655. The third-order valence-corrected chi connectivity index (χ3v) is 12.3. The van der Waals surface area contributed by atoms with Crippen LogP contribution in [0.5, 0.6) is 0 Å². The van der Waals surface area contributed by atoms with Crippen LogP contribution in [0.25, 0.3) is 0 Å². The second kappa shape index (κ2) is 48.5. The van der Waals surface area contributed by atoms with Crippen molar-refractivity contribution in [3.8, 4) is 0 Å². The summed E-state index contributed by atoms with van der Waals surface area (Å²) in [6.07, 6.45) is 61.9. The summed E-state index contributed by atoms with van der Waals surface area (Å²) in [6, 6.07) is -0.532. The van der Waals surface area contributed by atoms with Crippen molar-refractivity contribution in [2.45, 2.75) is 309 Å². The zero-order valence-electron chi connectivity index (χ0n) is 38.4. The molecule has 3 N–H and O–H groups in total. The van der Waals surface area contributed by atoms with Gasteiger partial charge in [0.1, 0.15) is 0 Å². The van der Waals surface area contributed by atoms with Gasteiger partial charge in [0.25, 0.3) is 0 Å². The number of amides is 1. The van der Waals surface area contributed by atoms with E-state index in [9.17, 15) is 15.0 Å². The molecule has 1 amide bonds. The molecule has 334 valence electrons. The number of allylic oxidation sites excluding steroid dienone is 2. The van der Waals surface area contributed by atoms with Crippen molar-refractivity contribution in [3.05, 3.63) is 12.2 Å². The maximum Gasteiger partial charge on any atom is 0.220 e. The van der Waals surface area contributed by atoms with Crippen LogP contribution in [0, 0.1) is 0 Å². The van der Waals surface area contributed by atoms with E-state index in [-0.39, 0.29) is 12.5 Å². The normalized spacial score (nSPS) is 12.9. The van der Waals surface area contributed by atoms with Gasteiger partial charge in [0.05, 0.1) is 18.8 Å². The highest BCUT2D eigenvalue weighted by atomic mass is 16.3. The van der Waals surface area contributed by atoms with Crippen molar-refractivity contribution in [1.29, 1.82) is 0 Å². The second-order valence-corrected chi connectivity index (χ2v) is 17.9. The number of carbonyl (C=O) groups excluding carboxylic acids is 1. The minimum absolute atomic E-state index is 0.0268. The van der Waals surface area contributed by atoms with Crippen molar-refractivity contribution in [1.82, 2.24) is 5.32 Å². The SMILES string of the molecule is CCCCCCCCCCCCCC/C=C\CCCCCCCCCCCCCCCCCC(=O)NC(CO)C(O)CCCCCCCCCCCCCCC. The summed E-state index contributed by atoms with van der Waals surface area (Å²) < 4.78 is 0. The Morgan fingerprint density at radius 2 is 0.679 bits per heavy atom. The Hall–Kier alpha value is -0.870. The third-order valence-electron chi connectivity index (χ3n) is 12.3. The molecule has 0 saturated carbocycles. The highest BCUT2D eigenvalue weighted by Gasteiger charge is 2.20. The quantitative estimate of drug-likeness (QED) is 0.0425. The van der Waals surface area contributed by atoms with Gasteiger partial charge in [0.2, 0.25) is 5.91 Å². The molecule has 56 heavy (non-hydrogen) atoms. The number of rotatable bonds is 48. The molecule has 0 bridgehead atoms. The average Bonchev–Trinajstić information content (AvgIpc) is 3.20. The molecule has 0 aliphatic heterocycles. The molecule has 2 unspecified atom stereocenters. The molecule has 0 spiro atoms. The zero-order chi connectivity index (χ0) is 40.7. The first-order valence-electron chi connectivity index (χ1n) is 25.9. The van der Waals surface area contributed by atoms with Crippen LogP contribution in [0.15, 0.2) is 12.2 Å². The molecular formula is C52H103NO3. The van der Waals surface area contributed by atoms with Crippen LogP contribution in [-0.4, -0.2) is 34.9 Å². The van der Waals surface area contributed by atoms with Gasteiger partial charge in [0, 0.05) is 6.42 Å². The Morgan fingerprint density at radius 3 is 0.982 bits per heavy atom. The molecular weight excluding hydrogens is 687 g/mol. The minimum Gasteiger partial charge on any atom is -0.394 e. The number of unbranched alkanes of at least 4 members (excludes halogenated alkanes) is 39. The highest BCUT2D eigenvalue weighted by Crippen LogP contribution is 2.17. The van der Waals surface area contributed by atoms with Crippen LogP contribution in [0.3, 0.4) is 0 Å². The highest BCUT2D eigenvalue weighted by molar-refractivity contribution is 5.76. The predicted molar refractivity (Wildman–Crippen MR) is 249 cm³/mol. The molecule has 0 aromatic heterocycles. The number of hydrogen-bond acceptors (Lipinski definition) is 3. The summed E-state index contributed by atoms with van der Waals surface area (Å²) in [4.78, 5) is 12.4. The summed E-state index contributed by atoms with van der Waals surface area (Å²) in [5.74, 6) is -0.0268. The summed E-state index contributed by atoms with van der Waals surface area (Å²) in [5.41, 5.74) is 0. The number of carbonyl (C=O) groups is 1. The van der Waals surface area contributed by atoms with E-state index in [1.807, 2.05) is 0 Å². The summed E-state index contributed by atoms with van der Waals surface area (Å²) in [5, 5.41) is 23.2. The van der Waals surface area contributed by atoms with Crippen LogP contribution in [0.2, 0.25) is 0 Å². The first kappa shape index (κ1) is 55.1. The largest absolute Gasteiger partial charge is 0.394 e. The first-order valence-corrected chi connectivity index (χ1v) is 25.9. The summed E-state index contributed by atoms with van der Waals surface area (Å²) in [6.45, 7) is 4.38. The average molecular weight is 790 g/mol. The molecule has 0 rings (SSSR count). The lowest BCUT2D eigenvalue weighted by molar-refractivity contribution is -0.123. The maximum atomic E-state index is 12.4. The van der Waals surface area contributed by atoms with Crippen LogP contribution < -0.4 is 5.32 Å². The molecule has 4 nitrogen and oxygen atoms in total. The van der Waals surface area contributed by atoms with E-state index < -0.39 is 12.1 Å². The Bertz CT molecular complexity index is 769. The molecule has 0 aromatic carbocycles. The molecule has 0 aromatic rings. The van der Waals surface area contributed by atoms with Crippen LogP contribution >= 0.6 is 0 Å². The van der Waals surface area contributed by atoms with Gasteiger partial charge in [-0.2, -0.15) is 0 Å². The van der Waals surface area contributed by atoms with Crippen molar-refractivity contribution < 1.29 is 15.0 Å².